The second-order valence-corrected chi connectivity index (χ2v) is 5.81. The van der Waals surface area contributed by atoms with E-state index in [9.17, 15) is 8.42 Å². The van der Waals surface area contributed by atoms with Crippen molar-refractivity contribution >= 4 is 43.7 Å². The molecule has 1 heterocycles. The summed E-state index contributed by atoms with van der Waals surface area (Å²) in [7, 11) is -3.25. The molecule has 0 atom stereocenters. The molecule has 2 aromatic rings. The third kappa shape index (κ3) is 1.52. The predicted molar refractivity (Wildman–Crippen MR) is 62.3 cm³/mol. The average Bonchev–Trinajstić information content (AvgIpc) is 2.44. The van der Waals surface area contributed by atoms with Gasteiger partial charge in [-0.2, -0.15) is 0 Å². The van der Waals surface area contributed by atoms with Crippen LogP contribution in [0.1, 0.15) is 0 Å². The van der Waals surface area contributed by atoms with E-state index in [1.54, 1.807) is 8.85 Å². The summed E-state index contributed by atoms with van der Waals surface area (Å²) in [6.07, 6.45) is 1.16. The third-order valence-corrected chi connectivity index (χ3v) is 4.05. The van der Waals surface area contributed by atoms with Gasteiger partial charge in [0, 0.05) is 6.26 Å². The molecular formula is C8H7IN2O2S. The minimum Gasteiger partial charge on any atom is -0.255 e. The quantitative estimate of drug-likeness (QED) is 0.750. The van der Waals surface area contributed by atoms with E-state index in [-0.39, 0.29) is 5.16 Å². The molecule has 1 aromatic carbocycles. The van der Waals surface area contributed by atoms with Gasteiger partial charge in [-0.25, -0.2) is 13.4 Å². The Kier molecular flexibility index (Phi) is 2.26. The lowest BCUT2D eigenvalue weighted by Crippen LogP contribution is -2.02. The number of hydrogen-bond acceptors (Lipinski definition) is 3. The minimum absolute atomic E-state index is 0.0966. The maximum absolute atomic E-state index is 11.3. The fraction of sp³-hybridized carbons (Fsp3) is 0.125. The van der Waals surface area contributed by atoms with Crippen LogP contribution >= 0.6 is 22.9 Å². The van der Waals surface area contributed by atoms with Gasteiger partial charge in [-0.05, 0) is 12.1 Å². The standard InChI is InChI=1S/C8H7IN2O2S/c1-14(12,13)8-10-6-4-2-3-5-7(6)11(8)9/h2-5H,1H3. The van der Waals surface area contributed by atoms with Gasteiger partial charge >= 0.3 is 0 Å². The Morgan fingerprint density at radius 2 is 2.00 bits per heavy atom. The number of imidazole rings is 1. The van der Waals surface area contributed by atoms with Crippen LogP contribution < -0.4 is 0 Å². The van der Waals surface area contributed by atoms with Crippen molar-refractivity contribution in [1.82, 2.24) is 7.76 Å². The zero-order chi connectivity index (χ0) is 10.3. The summed E-state index contributed by atoms with van der Waals surface area (Å²) in [5.74, 6) is 0. The van der Waals surface area contributed by atoms with Crippen LogP contribution in [0.5, 0.6) is 0 Å². The van der Waals surface area contributed by atoms with Gasteiger partial charge in [0.05, 0.1) is 33.9 Å². The summed E-state index contributed by atoms with van der Waals surface area (Å²) in [5.41, 5.74) is 1.51. The molecule has 0 aliphatic carbocycles. The molecule has 0 spiro atoms. The topological polar surface area (TPSA) is 52.0 Å². The molecule has 0 bridgehead atoms. The van der Waals surface area contributed by atoms with E-state index in [1.165, 1.54) is 0 Å². The first-order valence-electron chi connectivity index (χ1n) is 3.84. The van der Waals surface area contributed by atoms with Gasteiger partial charge in [-0.15, -0.1) is 0 Å². The number of hydrogen-bond donors (Lipinski definition) is 0. The minimum atomic E-state index is -3.25. The zero-order valence-corrected chi connectivity index (χ0v) is 10.3. The summed E-state index contributed by atoms with van der Waals surface area (Å²) in [4.78, 5) is 4.05. The van der Waals surface area contributed by atoms with Gasteiger partial charge in [-0.1, -0.05) is 12.1 Å². The maximum atomic E-state index is 11.3. The molecule has 14 heavy (non-hydrogen) atoms. The number of nitrogens with zero attached hydrogens (tertiary/aromatic N) is 2. The van der Waals surface area contributed by atoms with Gasteiger partial charge in [0.2, 0.25) is 15.0 Å². The molecule has 0 aliphatic heterocycles. The number of aromatic nitrogens is 2. The first kappa shape index (κ1) is 9.91. The van der Waals surface area contributed by atoms with E-state index in [1.807, 2.05) is 41.1 Å². The molecular weight excluding hydrogens is 315 g/mol. The van der Waals surface area contributed by atoms with Gasteiger partial charge in [-0.3, -0.25) is 2.78 Å². The molecule has 6 heteroatoms. The molecule has 0 saturated heterocycles. The van der Waals surface area contributed by atoms with Gasteiger partial charge < -0.3 is 0 Å². The Bertz CT molecular complexity index is 588. The molecule has 0 N–H and O–H groups in total. The number of sulfone groups is 1. The molecule has 0 radical (unpaired) electrons. The Morgan fingerprint density at radius 3 is 2.57 bits per heavy atom. The van der Waals surface area contributed by atoms with E-state index >= 15 is 0 Å². The van der Waals surface area contributed by atoms with Crippen LogP contribution in [-0.2, 0) is 9.84 Å². The molecule has 4 nitrogen and oxygen atoms in total. The van der Waals surface area contributed by atoms with E-state index in [0.29, 0.717) is 5.52 Å². The van der Waals surface area contributed by atoms with Crippen LogP contribution in [0.25, 0.3) is 11.0 Å². The molecule has 1 aromatic heterocycles. The summed E-state index contributed by atoms with van der Waals surface area (Å²) in [6.45, 7) is 0. The smallest absolute Gasteiger partial charge is 0.237 e. The highest BCUT2D eigenvalue weighted by Gasteiger charge is 2.17. The summed E-state index contributed by atoms with van der Waals surface area (Å²) in [5, 5.41) is 0.0966. The monoisotopic (exact) mass is 322 g/mol. The highest BCUT2D eigenvalue weighted by molar-refractivity contribution is 14.1. The van der Waals surface area contributed by atoms with Crippen LogP contribution in [0.3, 0.4) is 0 Å². The maximum Gasteiger partial charge on any atom is 0.237 e. The SMILES string of the molecule is CS(=O)(=O)c1nc2ccccc2n1I. The summed E-state index contributed by atoms with van der Waals surface area (Å²) >= 11 is 1.93. The van der Waals surface area contributed by atoms with Crippen LogP contribution in [0.2, 0.25) is 0 Å². The molecule has 2 rings (SSSR count). The molecule has 0 amide bonds. The van der Waals surface area contributed by atoms with Crippen molar-refractivity contribution in [2.45, 2.75) is 5.16 Å². The number of benzene rings is 1. The van der Waals surface area contributed by atoms with E-state index in [2.05, 4.69) is 4.98 Å². The molecule has 74 valence electrons. The van der Waals surface area contributed by atoms with E-state index < -0.39 is 9.84 Å². The van der Waals surface area contributed by atoms with Crippen molar-refractivity contribution in [3.05, 3.63) is 24.3 Å². The number of halogens is 1. The fourth-order valence-electron chi connectivity index (χ4n) is 1.20. The second kappa shape index (κ2) is 3.20. The Morgan fingerprint density at radius 1 is 1.36 bits per heavy atom. The van der Waals surface area contributed by atoms with Crippen molar-refractivity contribution in [3.63, 3.8) is 0 Å². The molecule has 0 aliphatic rings. The van der Waals surface area contributed by atoms with Crippen molar-refractivity contribution < 1.29 is 8.42 Å². The largest absolute Gasteiger partial charge is 0.255 e. The summed E-state index contributed by atoms with van der Waals surface area (Å²) < 4.78 is 24.2. The fourth-order valence-corrected chi connectivity index (χ4v) is 3.45. The Balaban J connectivity index is 2.89. The van der Waals surface area contributed by atoms with E-state index in [4.69, 9.17) is 0 Å². The Labute approximate surface area is 95.4 Å². The number of rotatable bonds is 1. The third-order valence-electron chi connectivity index (χ3n) is 1.81. The van der Waals surface area contributed by atoms with Crippen LogP contribution in [0.4, 0.5) is 0 Å². The normalized spacial score (nSPS) is 12.1. The lowest BCUT2D eigenvalue weighted by molar-refractivity contribution is 0.594. The number of fused-ring (bicyclic) bond motifs is 1. The zero-order valence-electron chi connectivity index (χ0n) is 7.31. The highest BCUT2D eigenvalue weighted by atomic mass is 127. The Hall–Kier alpha value is -0.630. The van der Waals surface area contributed by atoms with Gasteiger partial charge in [0.25, 0.3) is 0 Å². The predicted octanol–water partition coefficient (Wildman–Crippen LogP) is 1.64. The van der Waals surface area contributed by atoms with Crippen LogP contribution in [0, 0.1) is 0 Å². The lowest BCUT2D eigenvalue weighted by Gasteiger charge is -1.95. The molecule has 0 unspecified atom stereocenters. The highest BCUT2D eigenvalue weighted by Crippen LogP contribution is 2.21. The van der Waals surface area contributed by atoms with Gasteiger partial charge in [0.15, 0.2) is 0 Å². The average molecular weight is 322 g/mol. The van der Waals surface area contributed by atoms with Crippen LogP contribution in [0.15, 0.2) is 29.4 Å². The van der Waals surface area contributed by atoms with Crippen molar-refractivity contribution in [1.29, 1.82) is 0 Å². The first-order chi connectivity index (χ1) is 6.50. The first-order valence-corrected chi connectivity index (χ1v) is 6.69. The van der Waals surface area contributed by atoms with Crippen molar-refractivity contribution in [2.24, 2.45) is 0 Å². The summed E-state index contributed by atoms with van der Waals surface area (Å²) in [6, 6.07) is 7.31. The number of para-hydroxylation sites is 2. The van der Waals surface area contributed by atoms with Gasteiger partial charge in [0.1, 0.15) is 0 Å². The van der Waals surface area contributed by atoms with Crippen molar-refractivity contribution in [2.75, 3.05) is 6.26 Å². The van der Waals surface area contributed by atoms with Crippen molar-refractivity contribution in [3.8, 4) is 0 Å². The molecule has 0 fully saturated rings. The second-order valence-electron chi connectivity index (χ2n) is 2.94. The lowest BCUT2D eigenvalue weighted by atomic mass is 10.3. The van der Waals surface area contributed by atoms with Crippen LogP contribution in [-0.4, -0.2) is 22.4 Å². The van der Waals surface area contributed by atoms with E-state index in [0.717, 1.165) is 11.8 Å². The molecule has 0 saturated carbocycles.